The number of nitrogens with zero attached hydrogens (tertiary/aromatic N) is 1. The van der Waals surface area contributed by atoms with Crippen LogP contribution in [-0.2, 0) is 0 Å². The third-order valence-electron chi connectivity index (χ3n) is 1.87. The van der Waals surface area contributed by atoms with Crippen molar-refractivity contribution in [3.63, 3.8) is 0 Å². The summed E-state index contributed by atoms with van der Waals surface area (Å²) in [5, 5.41) is 5.85. The van der Waals surface area contributed by atoms with Gasteiger partial charge in [0.15, 0.2) is 0 Å². The van der Waals surface area contributed by atoms with Crippen molar-refractivity contribution >= 4 is 6.03 Å². The van der Waals surface area contributed by atoms with E-state index in [4.69, 9.17) is 0 Å². The molecular formula is C8H19N3O. The van der Waals surface area contributed by atoms with E-state index in [0.29, 0.717) is 12.6 Å². The summed E-state index contributed by atoms with van der Waals surface area (Å²) in [5.74, 6) is 0. The first-order valence-corrected chi connectivity index (χ1v) is 4.28. The van der Waals surface area contributed by atoms with Gasteiger partial charge >= 0.3 is 6.03 Å². The van der Waals surface area contributed by atoms with E-state index >= 15 is 0 Å². The third kappa shape index (κ3) is 4.18. The molecule has 0 aliphatic heterocycles. The summed E-state index contributed by atoms with van der Waals surface area (Å²) in [6, 6.07) is 0.304. The van der Waals surface area contributed by atoms with Crippen molar-refractivity contribution in [2.75, 3.05) is 27.2 Å². The van der Waals surface area contributed by atoms with Crippen LogP contribution >= 0.6 is 0 Å². The Morgan fingerprint density at radius 1 is 1.58 bits per heavy atom. The van der Waals surface area contributed by atoms with Gasteiger partial charge in [0, 0.05) is 26.2 Å². The molecule has 0 bridgehead atoms. The molecule has 4 nitrogen and oxygen atoms in total. The Morgan fingerprint density at radius 3 is 2.58 bits per heavy atom. The molecular weight excluding hydrogens is 154 g/mol. The van der Waals surface area contributed by atoms with Crippen LogP contribution in [0.1, 0.15) is 13.8 Å². The molecule has 0 heterocycles. The number of likely N-dealkylation sites (N-methyl/N-ethyl adjacent to an activating group) is 1. The second kappa shape index (κ2) is 5.83. The summed E-state index contributed by atoms with van der Waals surface area (Å²) in [6.07, 6.45) is 0. The molecule has 2 amide bonds. The highest BCUT2D eigenvalue weighted by molar-refractivity contribution is 5.73. The van der Waals surface area contributed by atoms with Gasteiger partial charge in [-0.15, -0.1) is 0 Å². The predicted molar refractivity (Wildman–Crippen MR) is 50.2 cm³/mol. The van der Waals surface area contributed by atoms with Crippen LogP contribution in [0.2, 0.25) is 0 Å². The monoisotopic (exact) mass is 173 g/mol. The maximum Gasteiger partial charge on any atom is 0.317 e. The molecule has 0 saturated carbocycles. The van der Waals surface area contributed by atoms with Crippen LogP contribution in [0.5, 0.6) is 0 Å². The topological polar surface area (TPSA) is 44.4 Å². The Labute approximate surface area is 74.3 Å². The summed E-state index contributed by atoms with van der Waals surface area (Å²) >= 11 is 0. The van der Waals surface area contributed by atoms with Gasteiger partial charge in [0.2, 0.25) is 0 Å². The van der Waals surface area contributed by atoms with Crippen LogP contribution in [0.4, 0.5) is 4.79 Å². The fourth-order valence-corrected chi connectivity index (χ4v) is 0.621. The smallest absolute Gasteiger partial charge is 0.317 e. The average molecular weight is 173 g/mol. The summed E-state index contributed by atoms with van der Waals surface area (Å²) in [4.78, 5) is 12.8. The average Bonchev–Trinajstić information content (AvgIpc) is 2.11. The molecule has 4 heteroatoms. The van der Waals surface area contributed by atoms with Gasteiger partial charge in [-0.25, -0.2) is 4.79 Å². The molecule has 0 fully saturated rings. The number of urea groups is 1. The molecule has 0 aliphatic carbocycles. The number of carbonyl (C=O) groups excluding carboxylic acids is 1. The lowest BCUT2D eigenvalue weighted by molar-refractivity contribution is 0.210. The lowest BCUT2D eigenvalue weighted by atomic mass is 10.3. The number of rotatable bonds is 4. The number of nitrogens with one attached hydrogen (secondary N) is 2. The quantitative estimate of drug-likeness (QED) is 0.640. The highest BCUT2D eigenvalue weighted by Gasteiger charge is 2.05. The second-order valence-corrected chi connectivity index (χ2v) is 2.89. The Morgan fingerprint density at radius 2 is 2.17 bits per heavy atom. The van der Waals surface area contributed by atoms with Crippen molar-refractivity contribution in [1.82, 2.24) is 15.5 Å². The Balaban J connectivity index is 3.56. The van der Waals surface area contributed by atoms with E-state index in [2.05, 4.69) is 10.6 Å². The number of carbonyl (C=O) groups is 1. The van der Waals surface area contributed by atoms with E-state index in [0.717, 1.165) is 6.54 Å². The molecule has 2 N–H and O–H groups in total. The molecule has 72 valence electrons. The first-order chi connectivity index (χ1) is 5.61. The molecule has 0 saturated heterocycles. The van der Waals surface area contributed by atoms with Gasteiger partial charge in [0.05, 0.1) is 0 Å². The van der Waals surface area contributed by atoms with Gasteiger partial charge in [-0.2, -0.15) is 0 Å². The molecule has 0 aromatic rings. The van der Waals surface area contributed by atoms with Crippen molar-refractivity contribution in [2.45, 2.75) is 19.9 Å². The van der Waals surface area contributed by atoms with Crippen LogP contribution in [-0.4, -0.2) is 44.2 Å². The predicted octanol–water partition coefficient (Wildman–Crippen LogP) is 0.256. The van der Waals surface area contributed by atoms with Gasteiger partial charge in [-0.1, -0.05) is 0 Å². The normalized spacial score (nSPS) is 12.3. The van der Waals surface area contributed by atoms with Crippen LogP contribution in [0.25, 0.3) is 0 Å². The van der Waals surface area contributed by atoms with Gasteiger partial charge in [0.1, 0.15) is 0 Å². The molecule has 0 spiro atoms. The molecule has 0 aliphatic rings. The van der Waals surface area contributed by atoms with E-state index in [1.54, 1.807) is 11.9 Å². The summed E-state index contributed by atoms with van der Waals surface area (Å²) < 4.78 is 0. The van der Waals surface area contributed by atoms with E-state index in [-0.39, 0.29) is 6.03 Å². The maximum absolute atomic E-state index is 11.2. The number of hydrogen-bond donors (Lipinski definition) is 2. The zero-order valence-corrected chi connectivity index (χ0v) is 8.35. The van der Waals surface area contributed by atoms with E-state index in [9.17, 15) is 4.79 Å². The third-order valence-corrected chi connectivity index (χ3v) is 1.87. The van der Waals surface area contributed by atoms with Crippen LogP contribution < -0.4 is 10.6 Å². The fraction of sp³-hybridized carbons (Fsp3) is 0.875. The van der Waals surface area contributed by atoms with E-state index in [1.807, 2.05) is 20.9 Å². The molecule has 0 aromatic carbocycles. The van der Waals surface area contributed by atoms with Gasteiger partial charge in [-0.3, -0.25) is 0 Å². The molecule has 0 radical (unpaired) electrons. The number of hydrogen-bond acceptors (Lipinski definition) is 2. The van der Waals surface area contributed by atoms with Crippen molar-refractivity contribution in [2.24, 2.45) is 0 Å². The molecule has 1 unspecified atom stereocenters. The molecule has 0 rings (SSSR count). The minimum absolute atomic E-state index is 0.0143. The zero-order valence-electron chi connectivity index (χ0n) is 8.35. The van der Waals surface area contributed by atoms with Crippen LogP contribution in [0.15, 0.2) is 0 Å². The summed E-state index contributed by atoms with van der Waals surface area (Å²) in [6.45, 7) is 5.37. The number of amides is 2. The van der Waals surface area contributed by atoms with Gasteiger partial charge in [0.25, 0.3) is 0 Å². The van der Waals surface area contributed by atoms with Crippen LogP contribution in [0.3, 0.4) is 0 Å². The Hall–Kier alpha value is -0.770. The standard InChI is InChI=1S/C8H19N3O/c1-5-11(4)8(12)10-6-7(2)9-3/h7,9H,5-6H2,1-4H3,(H,10,12). The van der Waals surface area contributed by atoms with Crippen molar-refractivity contribution in [3.05, 3.63) is 0 Å². The fourth-order valence-electron chi connectivity index (χ4n) is 0.621. The zero-order chi connectivity index (χ0) is 9.56. The largest absolute Gasteiger partial charge is 0.336 e. The first kappa shape index (κ1) is 11.2. The summed E-state index contributed by atoms with van der Waals surface area (Å²) in [5.41, 5.74) is 0. The highest BCUT2D eigenvalue weighted by Crippen LogP contribution is 1.83. The molecule has 1 atom stereocenters. The van der Waals surface area contributed by atoms with Gasteiger partial charge < -0.3 is 15.5 Å². The first-order valence-electron chi connectivity index (χ1n) is 4.28. The molecule has 0 aromatic heterocycles. The Bertz CT molecular complexity index is 138. The maximum atomic E-state index is 11.2. The minimum Gasteiger partial charge on any atom is -0.336 e. The van der Waals surface area contributed by atoms with Crippen molar-refractivity contribution < 1.29 is 4.79 Å². The summed E-state index contributed by atoms with van der Waals surface area (Å²) in [7, 11) is 3.65. The SMILES string of the molecule is CCN(C)C(=O)NCC(C)NC. The van der Waals surface area contributed by atoms with E-state index in [1.165, 1.54) is 0 Å². The lowest BCUT2D eigenvalue weighted by Crippen LogP contribution is -2.43. The van der Waals surface area contributed by atoms with Crippen molar-refractivity contribution in [3.8, 4) is 0 Å². The van der Waals surface area contributed by atoms with Gasteiger partial charge in [-0.05, 0) is 20.9 Å². The Kier molecular flexibility index (Phi) is 5.45. The lowest BCUT2D eigenvalue weighted by Gasteiger charge is -2.17. The molecule has 12 heavy (non-hydrogen) atoms. The van der Waals surface area contributed by atoms with Crippen LogP contribution in [0, 0.1) is 0 Å². The minimum atomic E-state index is -0.0143. The van der Waals surface area contributed by atoms with Crippen molar-refractivity contribution in [1.29, 1.82) is 0 Å². The second-order valence-electron chi connectivity index (χ2n) is 2.89. The van der Waals surface area contributed by atoms with E-state index < -0.39 is 0 Å². The highest BCUT2D eigenvalue weighted by atomic mass is 16.2.